The molecule has 0 aromatic carbocycles. The van der Waals surface area contributed by atoms with Gasteiger partial charge in [0, 0.05) is 17.9 Å². The van der Waals surface area contributed by atoms with E-state index in [4.69, 9.17) is 0 Å². The van der Waals surface area contributed by atoms with Crippen LogP contribution in [-0.2, 0) is 9.59 Å². The normalized spacial score (nSPS) is 29.5. The van der Waals surface area contributed by atoms with Crippen molar-refractivity contribution in [1.29, 1.82) is 0 Å². The zero-order valence-electron chi connectivity index (χ0n) is 9.89. The van der Waals surface area contributed by atoms with Crippen LogP contribution in [-0.4, -0.2) is 29.6 Å². The first-order valence-electron chi connectivity index (χ1n) is 5.06. The zero-order valence-corrected chi connectivity index (χ0v) is 22.6. The maximum absolute atomic E-state index is 12.2. The first kappa shape index (κ1) is 22.3. The molecule has 0 aliphatic heterocycles. The molecule has 0 aromatic heterocycles. The van der Waals surface area contributed by atoms with Gasteiger partial charge in [0.25, 0.3) is 0 Å². The zero-order chi connectivity index (χ0) is 17.6. The van der Waals surface area contributed by atoms with E-state index in [2.05, 4.69) is 127 Å². The van der Waals surface area contributed by atoms with Crippen LogP contribution in [0, 0.1) is 10.8 Å². The molecule has 0 heterocycles. The van der Waals surface area contributed by atoms with Gasteiger partial charge < -0.3 is 10.2 Å². The largest absolute Gasteiger partial charge is 0.480 e. The Kier molecular flexibility index (Phi) is 7.98. The number of hydrogen-bond donors (Lipinski definition) is 2. The van der Waals surface area contributed by atoms with Gasteiger partial charge in [-0.3, -0.25) is 9.59 Å². The average Bonchev–Trinajstić information content (AvgIpc) is 2.38. The molecule has 2 unspecified atom stereocenters. The first-order chi connectivity index (χ1) is 9.91. The van der Waals surface area contributed by atoms with Gasteiger partial charge in [-0.05, 0) is 31.9 Å². The van der Waals surface area contributed by atoms with E-state index in [0.29, 0.717) is 8.96 Å². The maximum Gasteiger partial charge on any atom is 0.318 e. The van der Waals surface area contributed by atoms with Gasteiger partial charge in [0.2, 0.25) is 0 Å². The van der Waals surface area contributed by atoms with Gasteiger partial charge in [0.15, 0.2) is 0 Å². The van der Waals surface area contributed by atoms with E-state index in [1.165, 1.54) is 0 Å². The fraction of sp³-hybridized carbons (Fsp3) is 0.400. The Bertz CT molecular complexity index is 546. The van der Waals surface area contributed by atoms with E-state index in [1.807, 2.05) is 0 Å². The summed E-state index contributed by atoms with van der Waals surface area (Å²) in [5.74, 6) is -2.67. The number of hydrogen-bond acceptors (Lipinski definition) is 2. The second-order valence-electron chi connectivity index (χ2n) is 4.08. The van der Waals surface area contributed by atoms with Crippen molar-refractivity contribution in [3.8, 4) is 0 Å². The van der Waals surface area contributed by atoms with Crippen molar-refractivity contribution in [2.24, 2.45) is 10.8 Å². The van der Waals surface area contributed by atoms with Crippen molar-refractivity contribution in [1.82, 2.24) is 0 Å². The molecule has 22 heavy (non-hydrogen) atoms. The summed E-state index contributed by atoms with van der Waals surface area (Å²) in [5, 5.41) is 20.0. The Morgan fingerprint density at radius 2 is 0.955 bits per heavy atom. The highest BCUT2D eigenvalue weighted by atomic mass is 79.9. The molecule has 0 saturated heterocycles. The van der Waals surface area contributed by atoms with E-state index in [0.717, 1.165) is 0 Å². The molecule has 0 saturated carbocycles. The Balaban J connectivity index is 4.15. The van der Waals surface area contributed by atoms with Gasteiger partial charge in [-0.15, -0.1) is 0 Å². The van der Waals surface area contributed by atoms with Crippen molar-refractivity contribution in [2.45, 2.75) is 7.47 Å². The molecule has 1 rings (SSSR count). The van der Waals surface area contributed by atoms with Gasteiger partial charge in [0.05, 0.1) is 7.47 Å². The predicted molar refractivity (Wildman–Crippen MR) is 113 cm³/mol. The summed E-state index contributed by atoms with van der Waals surface area (Å²) >= 11 is 25.9. The third-order valence-electron chi connectivity index (χ3n) is 3.22. The number of allylic oxidation sites excluding steroid dienone is 2. The SMILES string of the molecule is O=C(O)C1(C(Br)Br)C(Br)=C(Br)C(Br)=C(Br)C1(C(=O)O)C(Br)Br. The summed E-state index contributed by atoms with van der Waals surface area (Å²) in [5.41, 5.74) is -3.82. The molecule has 0 amide bonds. The number of carbonyl (C=O) groups is 2. The third kappa shape index (κ3) is 2.87. The van der Waals surface area contributed by atoms with Gasteiger partial charge in [-0.2, -0.15) is 0 Å². The van der Waals surface area contributed by atoms with E-state index < -0.39 is 30.2 Å². The average molecular weight is 827 g/mol. The van der Waals surface area contributed by atoms with Crippen molar-refractivity contribution < 1.29 is 19.8 Å². The lowest BCUT2D eigenvalue weighted by Gasteiger charge is -2.49. The minimum atomic E-state index is -1.91. The van der Waals surface area contributed by atoms with E-state index in [-0.39, 0.29) is 8.96 Å². The molecule has 1 aliphatic rings. The minimum absolute atomic E-state index is 0.160. The number of carboxylic acids is 2. The number of aliphatic carboxylic acids is 2. The fourth-order valence-electron chi connectivity index (χ4n) is 2.13. The molecule has 0 spiro atoms. The summed E-state index contributed by atoms with van der Waals surface area (Å²) in [7, 11) is 0. The monoisotopic (exact) mass is 819 g/mol. The molecular formula is C10H4Br8O4. The maximum atomic E-state index is 12.2. The second-order valence-corrected chi connectivity index (χ2v) is 13.4. The molecule has 0 radical (unpaired) electrons. The summed E-state index contributed by atoms with van der Waals surface area (Å²) < 4.78 is -0.714. The van der Waals surface area contributed by atoms with Crippen molar-refractivity contribution >= 4 is 139 Å². The Hall–Kier alpha value is 2.26. The first-order valence-corrected chi connectivity index (χ1v) is 11.9. The van der Waals surface area contributed by atoms with Crippen LogP contribution in [0.5, 0.6) is 0 Å². The van der Waals surface area contributed by atoms with Crippen LogP contribution >= 0.6 is 127 Å². The third-order valence-corrected chi connectivity index (χ3v) is 11.2. The summed E-state index contributed by atoms with van der Waals surface area (Å²) in [6, 6.07) is 0. The van der Waals surface area contributed by atoms with Crippen LogP contribution in [0.3, 0.4) is 0 Å². The number of rotatable bonds is 4. The van der Waals surface area contributed by atoms with Crippen LogP contribution < -0.4 is 0 Å². The minimum Gasteiger partial charge on any atom is -0.480 e. The van der Waals surface area contributed by atoms with Crippen LogP contribution in [0.15, 0.2) is 17.9 Å². The number of alkyl halides is 4. The van der Waals surface area contributed by atoms with E-state index >= 15 is 0 Å². The Labute approximate surface area is 192 Å². The standard InChI is InChI=1S/C10H4Br8O4/c11-1-2(12)4(14)10(6(17)18,8(21)22)9(3(1)13,5(15)16)7(19)20/h5-6H,(H,19,20)(H,21,22). The summed E-state index contributed by atoms with van der Waals surface area (Å²) in [6.45, 7) is 0. The highest BCUT2D eigenvalue weighted by molar-refractivity contribution is 9.25. The summed E-state index contributed by atoms with van der Waals surface area (Å²) in [4.78, 5) is 24.5. The van der Waals surface area contributed by atoms with E-state index in [9.17, 15) is 19.8 Å². The Morgan fingerprint density at radius 3 is 1.09 bits per heavy atom. The highest BCUT2D eigenvalue weighted by Crippen LogP contribution is 2.68. The molecule has 0 bridgehead atoms. The molecule has 0 aromatic rings. The second kappa shape index (κ2) is 7.87. The summed E-state index contributed by atoms with van der Waals surface area (Å²) in [6.07, 6.45) is 0. The lowest BCUT2D eigenvalue weighted by Crippen LogP contribution is -2.61. The molecule has 1 aliphatic carbocycles. The molecule has 2 atom stereocenters. The fourth-order valence-corrected chi connectivity index (χ4v) is 9.88. The van der Waals surface area contributed by atoms with Crippen LogP contribution in [0.4, 0.5) is 0 Å². The molecule has 2 N–H and O–H groups in total. The topological polar surface area (TPSA) is 74.6 Å². The van der Waals surface area contributed by atoms with Gasteiger partial charge in [0.1, 0.15) is 10.8 Å². The van der Waals surface area contributed by atoms with Gasteiger partial charge >= 0.3 is 11.9 Å². The quantitative estimate of drug-likeness (QED) is 0.323. The van der Waals surface area contributed by atoms with Crippen molar-refractivity contribution in [3.05, 3.63) is 17.9 Å². The van der Waals surface area contributed by atoms with Crippen LogP contribution in [0.1, 0.15) is 0 Å². The molecule has 4 nitrogen and oxygen atoms in total. The molecule has 12 heteroatoms. The lowest BCUT2D eigenvalue weighted by atomic mass is 9.63. The van der Waals surface area contributed by atoms with Gasteiger partial charge in [-0.25, -0.2) is 0 Å². The van der Waals surface area contributed by atoms with Crippen molar-refractivity contribution in [3.63, 3.8) is 0 Å². The lowest BCUT2D eigenvalue weighted by molar-refractivity contribution is -0.163. The Morgan fingerprint density at radius 1 is 0.727 bits per heavy atom. The number of halogens is 8. The van der Waals surface area contributed by atoms with Crippen molar-refractivity contribution in [2.75, 3.05) is 0 Å². The van der Waals surface area contributed by atoms with Gasteiger partial charge in [-0.1, -0.05) is 95.6 Å². The van der Waals surface area contributed by atoms with E-state index in [1.54, 1.807) is 0 Å². The predicted octanol–water partition coefficient (Wildman–Crippen LogP) is 6.38. The molecule has 124 valence electrons. The van der Waals surface area contributed by atoms with Crippen LogP contribution in [0.2, 0.25) is 0 Å². The molecular weight excluding hydrogens is 823 g/mol. The molecule has 0 fully saturated rings. The highest BCUT2D eigenvalue weighted by Gasteiger charge is 2.72. The smallest absolute Gasteiger partial charge is 0.318 e. The van der Waals surface area contributed by atoms with Crippen LogP contribution in [0.25, 0.3) is 0 Å². The number of carboxylic acid groups (broad SMARTS) is 2.